The van der Waals surface area contributed by atoms with Crippen LogP contribution in [0.4, 0.5) is 0 Å². The van der Waals surface area contributed by atoms with Gasteiger partial charge in [0.05, 0.1) is 29.0 Å². The molecule has 3 aromatic heterocycles. The van der Waals surface area contributed by atoms with Crippen LogP contribution in [0.3, 0.4) is 0 Å². The fraction of sp³-hybridized carbons (Fsp3) is 0.214. The number of benzene rings is 2. The van der Waals surface area contributed by atoms with Gasteiger partial charge in [0.1, 0.15) is 12.2 Å². The van der Waals surface area contributed by atoms with Gasteiger partial charge in [-0.2, -0.15) is 4.68 Å². The van der Waals surface area contributed by atoms with E-state index >= 15 is 0 Å². The largest absolute Gasteiger partial charge is 0.481 e. The number of aliphatic carboxylic acids is 1. The monoisotopic (exact) mass is 541 g/mol. The van der Waals surface area contributed by atoms with Crippen molar-refractivity contribution < 1.29 is 9.90 Å². The molecule has 0 saturated carbocycles. The number of carbonyl (C=O) groups is 1. The summed E-state index contributed by atoms with van der Waals surface area (Å²) in [7, 11) is 0. The van der Waals surface area contributed by atoms with Gasteiger partial charge in [0.2, 0.25) is 0 Å². The van der Waals surface area contributed by atoms with Gasteiger partial charge in [-0.15, -0.1) is 5.10 Å². The molecule has 2 N–H and O–H groups in total. The Hall–Kier alpha value is -4.57. The number of rotatable bonds is 6. The van der Waals surface area contributed by atoms with Crippen LogP contribution in [0, 0.1) is 0 Å². The highest BCUT2D eigenvalue weighted by Gasteiger charge is 2.30. The molecule has 1 aliphatic rings. The number of H-pyrrole nitrogens is 1. The number of nitrogens with one attached hydrogen (secondary N) is 1. The number of hydrogen-bond acceptors (Lipinski definition) is 6. The zero-order chi connectivity index (χ0) is 27.3. The predicted octanol–water partition coefficient (Wildman–Crippen LogP) is 4.43. The second-order valence-corrected chi connectivity index (χ2v) is 10.5. The van der Waals surface area contributed by atoms with Crippen molar-refractivity contribution in [1.82, 2.24) is 34.7 Å². The molecule has 0 bridgehead atoms. The van der Waals surface area contributed by atoms with Gasteiger partial charge in [0.15, 0.2) is 0 Å². The molecule has 5 aromatic rings. The SMILES string of the molecule is CC(C)(C(=O)O)c1cccc(-c2cnc([C@@H]3CCc4cc(-c5cc(Cl)ccc5-n5cnnn5)cc(=O)n43)[nH]2)c1. The van der Waals surface area contributed by atoms with Gasteiger partial charge in [-0.3, -0.25) is 9.59 Å². The molecule has 1 aliphatic heterocycles. The van der Waals surface area contributed by atoms with Gasteiger partial charge in [-0.1, -0.05) is 29.8 Å². The van der Waals surface area contributed by atoms with E-state index in [-0.39, 0.29) is 11.6 Å². The summed E-state index contributed by atoms with van der Waals surface area (Å²) in [6.07, 6.45) is 4.64. The third-order valence-corrected chi connectivity index (χ3v) is 7.58. The minimum Gasteiger partial charge on any atom is -0.481 e. The van der Waals surface area contributed by atoms with Crippen molar-refractivity contribution in [3.63, 3.8) is 0 Å². The number of carboxylic acid groups (broad SMARTS) is 1. The maximum Gasteiger partial charge on any atom is 0.313 e. The average Bonchev–Trinajstić information content (AvgIpc) is 3.69. The predicted molar refractivity (Wildman–Crippen MR) is 145 cm³/mol. The van der Waals surface area contributed by atoms with Gasteiger partial charge in [0, 0.05) is 22.3 Å². The molecule has 4 heterocycles. The first-order chi connectivity index (χ1) is 18.7. The first-order valence-corrected chi connectivity index (χ1v) is 12.8. The van der Waals surface area contributed by atoms with Crippen LogP contribution in [0.5, 0.6) is 0 Å². The van der Waals surface area contributed by atoms with Crippen molar-refractivity contribution >= 4 is 17.6 Å². The number of pyridine rings is 1. The Morgan fingerprint density at radius 2 is 1.97 bits per heavy atom. The van der Waals surface area contributed by atoms with E-state index in [1.54, 1.807) is 42.8 Å². The van der Waals surface area contributed by atoms with E-state index in [4.69, 9.17) is 11.6 Å². The molecule has 10 nitrogen and oxygen atoms in total. The fourth-order valence-electron chi connectivity index (χ4n) is 5.07. The molecule has 39 heavy (non-hydrogen) atoms. The number of hydrogen-bond donors (Lipinski definition) is 2. The van der Waals surface area contributed by atoms with Gasteiger partial charge in [-0.05, 0) is 84.1 Å². The van der Waals surface area contributed by atoms with Crippen molar-refractivity contribution in [2.75, 3.05) is 0 Å². The first-order valence-electron chi connectivity index (χ1n) is 12.4. The summed E-state index contributed by atoms with van der Waals surface area (Å²) in [5, 5.41) is 21.6. The van der Waals surface area contributed by atoms with Crippen LogP contribution < -0.4 is 5.56 Å². The summed E-state index contributed by atoms with van der Waals surface area (Å²) in [5.74, 6) is -0.215. The van der Waals surface area contributed by atoms with Crippen LogP contribution in [0.2, 0.25) is 5.02 Å². The molecular formula is C28H24ClN7O3. The second-order valence-electron chi connectivity index (χ2n) is 10.1. The third kappa shape index (κ3) is 4.32. The maximum absolute atomic E-state index is 13.5. The van der Waals surface area contributed by atoms with E-state index in [0.717, 1.165) is 28.1 Å². The normalized spacial score (nSPS) is 14.9. The maximum atomic E-state index is 13.5. The molecule has 196 valence electrons. The van der Waals surface area contributed by atoms with E-state index in [1.165, 1.54) is 11.0 Å². The van der Waals surface area contributed by atoms with Crippen molar-refractivity contribution in [2.24, 2.45) is 0 Å². The number of aromatic nitrogens is 7. The zero-order valence-electron chi connectivity index (χ0n) is 21.2. The number of imidazole rings is 1. The van der Waals surface area contributed by atoms with Gasteiger partial charge < -0.3 is 14.7 Å². The Balaban J connectivity index is 1.35. The van der Waals surface area contributed by atoms with Crippen molar-refractivity contribution in [3.8, 4) is 28.1 Å². The molecule has 0 saturated heterocycles. The summed E-state index contributed by atoms with van der Waals surface area (Å²) in [4.78, 5) is 33.2. The quantitative estimate of drug-likeness (QED) is 0.325. The minimum absolute atomic E-state index is 0.143. The number of aryl methyl sites for hydroxylation is 1. The molecule has 2 aromatic carbocycles. The van der Waals surface area contributed by atoms with Crippen molar-refractivity contribution in [2.45, 2.75) is 38.1 Å². The second kappa shape index (κ2) is 9.32. The summed E-state index contributed by atoms with van der Waals surface area (Å²) in [6.45, 7) is 3.36. The Morgan fingerprint density at radius 1 is 1.13 bits per heavy atom. The smallest absolute Gasteiger partial charge is 0.313 e. The summed E-state index contributed by atoms with van der Waals surface area (Å²) < 4.78 is 3.31. The van der Waals surface area contributed by atoms with Crippen LogP contribution in [-0.2, 0) is 16.6 Å². The van der Waals surface area contributed by atoms with E-state index in [2.05, 4.69) is 25.5 Å². The van der Waals surface area contributed by atoms with E-state index in [9.17, 15) is 14.7 Å². The number of nitrogens with zero attached hydrogens (tertiary/aromatic N) is 6. The van der Waals surface area contributed by atoms with Crippen LogP contribution in [0.1, 0.15) is 43.4 Å². The highest BCUT2D eigenvalue weighted by Crippen LogP contribution is 2.35. The first kappa shape index (κ1) is 24.7. The van der Waals surface area contributed by atoms with E-state index in [1.807, 2.05) is 36.4 Å². The highest BCUT2D eigenvalue weighted by atomic mass is 35.5. The number of fused-ring (bicyclic) bond motifs is 1. The minimum atomic E-state index is -1.03. The van der Waals surface area contributed by atoms with Gasteiger partial charge in [-0.25, -0.2) is 4.98 Å². The van der Waals surface area contributed by atoms with E-state index < -0.39 is 11.4 Å². The number of aromatic amines is 1. The van der Waals surface area contributed by atoms with Crippen LogP contribution >= 0.6 is 11.6 Å². The molecule has 0 radical (unpaired) electrons. The molecular weight excluding hydrogens is 518 g/mol. The molecule has 11 heteroatoms. The molecule has 0 amide bonds. The Kier molecular flexibility index (Phi) is 5.91. The lowest BCUT2D eigenvalue weighted by molar-refractivity contribution is -0.142. The van der Waals surface area contributed by atoms with Gasteiger partial charge >= 0.3 is 5.97 Å². The van der Waals surface area contributed by atoms with Gasteiger partial charge in [0.25, 0.3) is 5.56 Å². The van der Waals surface area contributed by atoms with E-state index in [0.29, 0.717) is 34.9 Å². The molecule has 0 spiro atoms. The highest BCUT2D eigenvalue weighted by molar-refractivity contribution is 6.31. The topological polar surface area (TPSA) is 132 Å². The molecule has 6 rings (SSSR count). The van der Waals surface area contributed by atoms with Crippen LogP contribution in [-0.4, -0.2) is 45.8 Å². The molecule has 0 fully saturated rings. The Bertz CT molecular complexity index is 1770. The third-order valence-electron chi connectivity index (χ3n) is 7.34. The number of tetrazole rings is 1. The lowest BCUT2D eigenvalue weighted by atomic mass is 9.84. The Labute approximate surface area is 227 Å². The van der Waals surface area contributed by atoms with Crippen LogP contribution in [0.25, 0.3) is 28.1 Å². The van der Waals surface area contributed by atoms with Crippen LogP contribution in [0.15, 0.2) is 71.9 Å². The summed E-state index contributed by atoms with van der Waals surface area (Å²) in [6, 6.07) is 16.2. The van der Waals surface area contributed by atoms with Crippen molar-refractivity contribution in [3.05, 3.63) is 99.6 Å². The zero-order valence-corrected chi connectivity index (χ0v) is 21.9. The van der Waals surface area contributed by atoms with Crippen molar-refractivity contribution in [1.29, 1.82) is 0 Å². The standard InChI is InChI=1S/C28H24ClN7O3/c1-28(2,27(38)39)18-5-3-4-16(10-18)22-14-30-26(32-22)24-9-7-20-11-17(12-25(37)36(20)24)21-13-19(29)6-8-23(21)35-15-31-33-34-35/h3-6,8,10-15,24H,7,9H2,1-2H3,(H,30,32)(H,38,39)/t24-/m0/s1. The number of carboxylic acids is 1. The lowest BCUT2D eigenvalue weighted by Crippen LogP contribution is -2.28. The fourth-order valence-corrected chi connectivity index (χ4v) is 5.24. The summed E-state index contributed by atoms with van der Waals surface area (Å²) in [5.41, 5.74) is 4.22. The Morgan fingerprint density at radius 3 is 2.74 bits per heavy atom. The molecule has 1 atom stereocenters. The number of halogens is 1. The lowest BCUT2D eigenvalue weighted by Gasteiger charge is -2.20. The molecule has 0 unspecified atom stereocenters. The molecule has 0 aliphatic carbocycles. The summed E-state index contributed by atoms with van der Waals surface area (Å²) >= 11 is 6.31. The average molecular weight is 542 g/mol.